The minimum Gasteiger partial charge on any atom is -0.355 e. The third-order valence-electron chi connectivity index (χ3n) is 2.67. The van der Waals surface area contributed by atoms with Crippen LogP contribution in [0.2, 0.25) is 0 Å². The summed E-state index contributed by atoms with van der Waals surface area (Å²) in [5, 5.41) is 6.90. The van der Waals surface area contributed by atoms with E-state index < -0.39 is 0 Å². The van der Waals surface area contributed by atoms with Gasteiger partial charge in [-0.05, 0) is 30.7 Å². The molecule has 4 heteroatoms. The molecule has 0 fully saturated rings. The molecular weight excluding hydrogens is 214 g/mol. The van der Waals surface area contributed by atoms with E-state index in [1.807, 2.05) is 49.0 Å². The third kappa shape index (κ3) is 2.20. The van der Waals surface area contributed by atoms with E-state index in [0.29, 0.717) is 5.56 Å². The Balaban J connectivity index is 2.35. The smallest absolute Gasteiger partial charge is 0.251 e. The molecule has 0 aliphatic heterocycles. The highest BCUT2D eigenvalue weighted by atomic mass is 16.1. The number of amides is 1. The minimum atomic E-state index is -0.0715. The predicted molar refractivity (Wildman–Crippen MR) is 66.8 cm³/mol. The molecule has 0 aliphatic carbocycles. The molecule has 0 atom stereocenters. The van der Waals surface area contributed by atoms with Crippen molar-refractivity contribution in [3.05, 3.63) is 41.6 Å². The van der Waals surface area contributed by atoms with E-state index in [2.05, 4.69) is 10.4 Å². The van der Waals surface area contributed by atoms with Crippen molar-refractivity contribution in [2.75, 3.05) is 7.05 Å². The Morgan fingerprint density at radius 2 is 1.94 bits per heavy atom. The van der Waals surface area contributed by atoms with Gasteiger partial charge in [-0.1, -0.05) is 12.1 Å². The van der Waals surface area contributed by atoms with Crippen LogP contribution in [0.15, 0.2) is 30.3 Å². The fraction of sp³-hybridized carbons (Fsp3) is 0.231. The van der Waals surface area contributed by atoms with Crippen molar-refractivity contribution in [3.63, 3.8) is 0 Å². The molecule has 0 unspecified atom stereocenters. The summed E-state index contributed by atoms with van der Waals surface area (Å²) >= 11 is 0. The standard InChI is InChI=1S/C13H15N3O/c1-9-8-12(16(3)15-9)10-4-6-11(7-5-10)13(17)14-2/h4-8H,1-3H3,(H,14,17). The molecule has 2 rings (SSSR count). The molecule has 0 spiro atoms. The van der Waals surface area contributed by atoms with Crippen molar-refractivity contribution < 1.29 is 4.79 Å². The number of carbonyl (C=O) groups excluding carboxylic acids is 1. The highest BCUT2D eigenvalue weighted by Gasteiger charge is 2.07. The Hall–Kier alpha value is -2.10. The number of rotatable bonds is 2. The van der Waals surface area contributed by atoms with Gasteiger partial charge in [0.2, 0.25) is 0 Å². The molecule has 1 N–H and O–H groups in total. The Labute approximate surface area is 100 Å². The van der Waals surface area contributed by atoms with Crippen LogP contribution >= 0.6 is 0 Å². The van der Waals surface area contributed by atoms with Crippen molar-refractivity contribution in [1.29, 1.82) is 0 Å². The van der Waals surface area contributed by atoms with E-state index in [-0.39, 0.29) is 5.91 Å². The third-order valence-corrected chi connectivity index (χ3v) is 2.67. The molecule has 0 saturated carbocycles. The van der Waals surface area contributed by atoms with Crippen molar-refractivity contribution in [3.8, 4) is 11.3 Å². The van der Waals surface area contributed by atoms with Gasteiger partial charge in [-0.2, -0.15) is 5.10 Å². The summed E-state index contributed by atoms with van der Waals surface area (Å²) in [6.45, 7) is 1.96. The van der Waals surface area contributed by atoms with E-state index >= 15 is 0 Å². The van der Waals surface area contributed by atoms with Crippen LogP contribution in [0.1, 0.15) is 16.1 Å². The molecule has 1 heterocycles. The van der Waals surface area contributed by atoms with E-state index in [1.54, 1.807) is 7.05 Å². The fourth-order valence-corrected chi connectivity index (χ4v) is 1.82. The summed E-state index contributed by atoms with van der Waals surface area (Å²) in [6, 6.07) is 9.52. The number of aryl methyl sites for hydroxylation is 2. The lowest BCUT2D eigenvalue weighted by Gasteiger charge is -2.03. The lowest BCUT2D eigenvalue weighted by molar-refractivity contribution is 0.0963. The zero-order chi connectivity index (χ0) is 12.4. The van der Waals surface area contributed by atoms with Crippen LogP contribution in [0.25, 0.3) is 11.3 Å². The molecule has 4 nitrogen and oxygen atoms in total. The lowest BCUT2D eigenvalue weighted by Crippen LogP contribution is -2.17. The van der Waals surface area contributed by atoms with Crippen LogP contribution in [-0.4, -0.2) is 22.7 Å². The highest BCUT2D eigenvalue weighted by Crippen LogP contribution is 2.20. The van der Waals surface area contributed by atoms with Gasteiger partial charge in [0.15, 0.2) is 0 Å². The first kappa shape index (κ1) is 11.4. The second-order valence-electron chi connectivity index (χ2n) is 3.95. The van der Waals surface area contributed by atoms with Gasteiger partial charge in [0.05, 0.1) is 11.4 Å². The Morgan fingerprint density at radius 1 is 1.29 bits per heavy atom. The first-order valence-electron chi connectivity index (χ1n) is 5.45. The zero-order valence-corrected chi connectivity index (χ0v) is 10.2. The van der Waals surface area contributed by atoms with Gasteiger partial charge in [-0.15, -0.1) is 0 Å². The Kier molecular flexibility index (Phi) is 2.95. The lowest BCUT2D eigenvalue weighted by atomic mass is 10.1. The number of carbonyl (C=O) groups is 1. The minimum absolute atomic E-state index is 0.0715. The average Bonchev–Trinajstić information content (AvgIpc) is 2.68. The first-order valence-corrected chi connectivity index (χ1v) is 5.45. The maximum Gasteiger partial charge on any atom is 0.251 e. The number of aromatic nitrogens is 2. The van der Waals surface area contributed by atoms with Crippen molar-refractivity contribution in [2.45, 2.75) is 6.92 Å². The summed E-state index contributed by atoms with van der Waals surface area (Å²) in [6.07, 6.45) is 0. The number of nitrogens with zero attached hydrogens (tertiary/aromatic N) is 2. The number of benzene rings is 1. The molecule has 17 heavy (non-hydrogen) atoms. The normalized spacial score (nSPS) is 10.3. The van der Waals surface area contributed by atoms with E-state index in [4.69, 9.17) is 0 Å². The molecule has 0 radical (unpaired) electrons. The number of hydrogen-bond acceptors (Lipinski definition) is 2. The van der Waals surface area contributed by atoms with Crippen molar-refractivity contribution >= 4 is 5.91 Å². The van der Waals surface area contributed by atoms with Crippen LogP contribution in [0, 0.1) is 6.92 Å². The van der Waals surface area contributed by atoms with Gasteiger partial charge in [-0.3, -0.25) is 9.48 Å². The van der Waals surface area contributed by atoms with E-state index in [9.17, 15) is 4.79 Å². The van der Waals surface area contributed by atoms with Gasteiger partial charge in [0.1, 0.15) is 0 Å². The summed E-state index contributed by atoms with van der Waals surface area (Å²) in [7, 11) is 3.54. The molecular formula is C13H15N3O. The molecule has 2 aromatic rings. The van der Waals surface area contributed by atoms with Crippen molar-refractivity contribution in [1.82, 2.24) is 15.1 Å². The van der Waals surface area contributed by atoms with Crippen LogP contribution < -0.4 is 5.32 Å². The second kappa shape index (κ2) is 4.41. The quantitative estimate of drug-likeness (QED) is 0.852. The summed E-state index contributed by atoms with van der Waals surface area (Å²) in [5.41, 5.74) is 3.75. The monoisotopic (exact) mass is 229 g/mol. The van der Waals surface area contributed by atoms with Crippen LogP contribution in [0.4, 0.5) is 0 Å². The molecule has 1 aromatic carbocycles. The maximum absolute atomic E-state index is 11.4. The van der Waals surface area contributed by atoms with E-state index in [0.717, 1.165) is 17.0 Å². The van der Waals surface area contributed by atoms with Gasteiger partial charge in [0, 0.05) is 19.7 Å². The molecule has 88 valence electrons. The summed E-state index contributed by atoms with van der Waals surface area (Å²) < 4.78 is 1.84. The second-order valence-corrected chi connectivity index (χ2v) is 3.95. The van der Waals surface area contributed by atoms with Crippen molar-refractivity contribution in [2.24, 2.45) is 7.05 Å². The molecule has 0 saturated heterocycles. The fourth-order valence-electron chi connectivity index (χ4n) is 1.82. The number of hydrogen-bond donors (Lipinski definition) is 1. The van der Waals surface area contributed by atoms with Gasteiger partial charge < -0.3 is 5.32 Å². The van der Waals surface area contributed by atoms with Crippen LogP contribution in [0.3, 0.4) is 0 Å². The molecule has 0 aliphatic rings. The van der Waals surface area contributed by atoms with Gasteiger partial charge >= 0.3 is 0 Å². The van der Waals surface area contributed by atoms with Crippen LogP contribution in [-0.2, 0) is 7.05 Å². The van der Waals surface area contributed by atoms with Crippen LogP contribution in [0.5, 0.6) is 0 Å². The molecule has 1 aromatic heterocycles. The SMILES string of the molecule is CNC(=O)c1ccc(-c2cc(C)nn2C)cc1. The molecule has 0 bridgehead atoms. The largest absolute Gasteiger partial charge is 0.355 e. The first-order chi connectivity index (χ1) is 8.11. The number of nitrogens with one attached hydrogen (secondary N) is 1. The van der Waals surface area contributed by atoms with E-state index in [1.165, 1.54) is 0 Å². The summed E-state index contributed by atoms with van der Waals surface area (Å²) in [4.78, 5) is 11.4. The average molecular weight is 229 g/mol. The maximum atomic E-state index is 11.4. The topological polar surface area (TPSA) is 46.9 Å². The predicted octanol–water partition coefficient (Wildman–Crippen LogP) is 1.76. The summed E-state index contributed by atoms with van der Waals surface area (Å²) in [5.74, 6) is -0.0715. The molecule has 1 amide bonds. The zero-order valence-electron chi connectivity index (χ0n) is 10.2. The Morgan fingerprint density at radius 3 is 2.41 bits per heavy atom. The highest BCUT2D eigenvalue weighted by molar-refractivity contribution is 5.94. The van der Waals surface area contributed by atoms with Gasteiger partial charge in [0.25, 0.3) is 5.91 Å². The Bertz CT molecular complexity index is 540. The van der Waals surface area contributed by atoms with Gasteiger partial charge in [-0.25, -0.2) is 0 Å².